The highest BCUT2D eigenvalue weighted by atomic mass is 16.3. The summed E-state index contributed by atoms with van der Waals surface area (Å²) in [7, 11) is 0. The maximum absolute atomic E-state index is 5.62. The molecule has 0 bridgehead atoms. The van der Waals surface area contributed by atoms with Crippen LogP contribution in [0.5, 0.6) is 0 Å². The number of benzene rings is 2. The van der Waals surface area contributed by atoms with Crippen molar-refractivity contribution in [2.75, 3.05) is 0 Å². The van der Waals surface area contributed by atoms with Crippen molar-refractivity contribution in [3.63, 3.8) is 0 Å². The summed E-state index contributed by atoms with van der Waals surface area (Å²) in [6.45, 7) is 4.43. The van der Waals surface area contributed by atoms with E-state index in [4.69, 9.17) is 14.4 Å². The molecule has 154 valence electrons. The number of aromatic nitrogens is 3. The normalized spacial score (nSPS) is 11.5. The molecule has 0 spiro atoms. The van der Waals surface area contributed by atoms with E-state index in [0.717, 1.165) is 40.5 Å². The first-order chi connectivity index (χ1) is 15.2. The predicted molar refractivity (Wildman–Crippen MR) is 123 cm³/mol. The average Bonchev–Trinajstić information content (AvgIpc) is 3.43. The van der Waals surface area contributed by atoms with E-state index < -0.39 is 0 Å². The van der Waals surface area contributed by atoms with Crippen LogP contribution in [0.2, 0.25) is 0 Å². The third-order valence-electron chi connectivity index (χ3n) is 5.54. The van der Waals surface area contributed by atoms with Crippen molar-refractivity contribution in [2.24, 2.45) is 0 Å². The fraction of sp³-hybridized carbons (Fsp3) is 0.185. The highest BCUT2D eigenvalue weighted by Crippen LogP contribution is 2.28. The highest BCUT2D eigenvalue weighted by molar-refractivity contribution is 5.62. The number of furan rings is 1. The Morgan fingerprint density at radius 1 is 0.806 bits per heavy atom. The van der Waals surface area contributed by atoms with E-state index >= 15 is 0 Å². The quantitative estimate of drug-likeness (QED) is 0.332. The lowest BCUT2D eigenvalue weighted by Gasteiger charge is -2.12. The lowest BCUT2D eigenvalue weighted by Crippen LogP contribution is -2.04. The maximum atomic E-state index is 5.62. The van der Waals surface area contributed by atoms with Gasteiger partial charge in [-0.15, -0.1) is 0 Å². The second-order valence-corrected chi connectivity index (χ2v) is 8.15. The second-order valence-electron chi connectivity index (χ2n) is 8.15. The van der Waals surface area contributed by atoms with E-state index in [-0.39, 0.29) is 0 Å². The third-order valence-corrected chi connectivity index (χ3v) is 5.54. The van der Waals surface area contributed by atoms with Gasteiger partial charge in [-0.2, -0.15) is 0 Å². The van der Waals surface area contributed by atoms with Crippen LogP contribution in [0.4, 0.5) is 0 Å². The number of hydrogen-bond acceptors (Lipinski definition) is 3. The summed E-state index contributed by atoms with van der Waals surface area (Å²) in [6, 6.07) is 24.8. The summed E-state index contributed by atoms with van der Waals surface area (Å²) in [4.78, 5) is 10.2. The van der Waals surface area contributed by atoms with Crippen molar-refractivity contribution >= 4 is 5.65 Å². The van der Waals surface area contributed by atoms with Gasteiger partial charge in [-0.3, -0.25) is 4.40 Å². The molecule has 0 aliphatic heterocycles. The summed E-state index contributed by atoms with van der Waals surface area (Å²) < 4.78 is 7.87. The van der Waals surface area contributed by atoms with E-state index in [0.29, 0.717) is 12.3 Å². The SMILES string of the molecule is CC(C)c1c(Cc2ccco2)nc2c(Cc3ccccc3)nc(-c3ccccc3)cn12. The van der Waals surface area contributed by atoms with E-state index in [2.05, 4.69) is 73.0 Å². The van der Waals surface area contributed by atoms with Crippen LogP contribution in [0.1, 0.15) is 48.2 Å². The smallest absolute Gasteiger partial charge is 0.159 e. The van der Waals surface area contributed by atoms with E-state index in [1.54, 1.807) is 6.26 Å². The lowest BCUT2D eigenvalue weighted by atomic mass is 10.1. The molecule has 5 rings (SSSR count). The molecule has 0 saturated heterocycles. The van der Waals surface area contributed by atoms with Gasteiger partial charge < -0.3 is 4.42 Å². The molecule has 0 saturated carbocycles. The Labute approximate surface area is 182 Å². The molecule has 0 aliphatic carbocycles. The molecule has 2 aromatic carbocycles. The van der Waals surface area contributed by atoms with Gasteiger partial charge in [0.2, 0.25) is 0 Å². The van der Waals surface area contributed by atoms with Crippen LogP contribution >= 0.6 is 0 Å². The van der Waals surface area contributed by atoms with Gasteiger partial charge >= 0.3 is 0 Å². The summed E-state index contributed by atoms with van der Waals surface area (Å²) in [6.07, 6.45) is 5.26. The first-order valence-corrected chi connectivity index (χ1v) is 10.7. The Balaban J connectivity index is 1.72. The third kappa shape index (κ3) is 3.89. The van der Waals surface area contributed by atoms with Crippen molar-refractivity contribution in [1.82, 2.24) is 14.4 Å². The van der Waals surface area contributed by atoms with Crippen LogP contribution in [0, 0.1) is 0 Å². The molecule has 0 N–H and O–H groups in total. The van der Waals surface area contributed by atoms with Crippen molar-refractivity contribution < 1.29 is 4.42 Å². The highest BCUT2D eigenvalue weighted by Gasteiger charge is 2.20. The largest absolute Gasteiger partial charge is 0.469 e. The van der Waals surface area contributed by atoms with Crippen LogP contribution in [0.3, 0.4) is 0 Å². The topological polar surface area (TPSA) is 43.3 Å². The van der Waals surface area contributed by atoms with E-state index in [1.807, 2.05) is 24.3 Å². The molecule has 5 aromatic rings. The van der Waals surface area contributed by atoms with E-state index in [9.17, 15) is 0 Å². The lowest BCUT2D eigenvalue weighted by molar-refractivity contribution is 0.518. The molecule has 0 fully saturated rings. The summed E-state index contributed by atoms with van der Waals surface area (Å²) >= 11 is 0. The summed E-state index contributed by atoms with van der Waals surface area (Å²) in [5.41, 5.74) is 7.46. The minimum absolute atomic E-state index is 0.315. The van der Waals surface area contributed by atoms with Gasteiger partial charge in [0.05, 0.1) is 29.8 Å². The van der Waals surface area contributed by atoms with E-state index in [1.165, 1.54) is 11.3 Å². The molecule has 4 nitrogen and oxygen atoms in total. The zero-order chi connectivity index (χ0) is 21.2. The average molecular weight is 408 g/mol. The molecule has 0 amide bonds. The van der Waals surface area contributed by atoms with Gasteiger partial charge in [-0.1, -0.05) is 74.5 Å². The van der Waals surface area contributed by atoms with Gasteiger partial charge in [-0.25, -0.2) is 9.97 Å². The summed E-state index contributed by atoms with van der Waals surface area (Å²) in [5, 5.41) is 0. The minimum atomic E-state index is 0.315. The number of nitrogens with zero attached hydrogens (tertiary/aromatic N) is 3. The van der Waals surface area contributed by atoms with Crippen LogP contribution in [0.15, 0.2) is 89.7 Å². The van der Waals surface area contributed by atoms with Gasteiger partial charge in [-0.05, 0) is 23.6 Å². The molecule has 31 heavy (non-hydrogen) atoms. The van der Waals surface area contributed by atoms with Crippen molar-refractivity contribution in [3.8, 4) is 11.3 Å². The maximum Gasteiger partial charge on any atom is 0.159 e. The molecule has 0 atom stereocenters. The summed E-state index contributed by atoms with van der Waals surface area (Å²) in [5.74, 6) is 1.24. The Bertz CT molecular complexity index is 1290. The minimum Gasteiger partial charge on any atom is -0.469 e. The zero-order valence-corrected chi connectivity index (χ0v) is 17.8. The second kappa shape index (κ2) is 8.23. The molecular weight excluding hydrogens is 382 g/mol. The van der Waals surface area contributed by atoms with Gasteiger partial charge in [0.1, 0.15) is 5.76 Å². The molecule has 0 unspecified atom stereocenters. The van der Waals surface area contributed by atoms with Crippen molar-refractivity contribution in [1.29, 1.82) is 0 Å². The Kier molecular flexibility index (Phi) is 5.13. The molecule has 4 heteroatoms. The monoisotopic (exact) mass is 407 g/mol. The molecule has 3 heterocycles. The molecule has 0 radical (unpaired) electrons. The van der Waals surface area contributed by atoms with Gasteiger partial charge in [0.15, 0.2) is 5.65 Å². The number of rotatable bonds is 6. The molecule has 3 aromatic heterocycles. The van der Waals surface area contributed by atoms with Gasteiger partial charge in [0.25, 0.3) is 0 Å². The number of fused-ring (bicyclic) bond motifs is 1. The number of hydrogen-bond donors (Lipinski definition) is 0. The van der Waals surface area contributed by atoms with Crippen molar-refractivity contribution in [3.05, 3.63) is 114 Å². The Hall–Kier alpha value is -3.66. The fourth-order valence-corrected chi connectivity index (χ4v) is 4.15. The fourth-order valence-electron chi connectivity index (χ4n) is 4.15. The van der Waals surface area contributed by atoms with Crippen molar-refractivity contribution in [2.45, 2.75) is 32.6 Å². The first kappa shape index (κ1) is 19.3. The molecule has 0 aliphatic rings. The first-order valence-electron chi connectivity index (χ1n) is 10.7. The van der Waals surface area contributed by atoms with Crippen LogP contribution in [0.25, 0.3) is 16.9 Å². The molecular formula is C27H25N3O. The van der Waals surface area contributed by atoms with Crippen LogP contribution in [-0.4, -0.2) is 14.4 Å². The Morgan fingerprint density at radius 2 is 1.55 bits per heavy atom. The van der Waals surface area contributed by atoms with Crippen LogP contribution < -0.4 is 0 Å². The zero-order valence-electron chi connectivity index (χ0n) is 17.8. The van der Waals surface area contributed by atoms with Crippen LogP contribution in [-0.2, 0) is 12.8 Å². The predicted octanol–water partition coefficient (Wildman–Crippen LogP) is 6.29. The van der Waals surface area contributed by atoms with Gasteiger partial charge in [0, 0.05) is 23.9 Å². The standard InChI is InChI=1S/C27H25N3O/c1-19(2)26-23(17-22-14-9-15-31-22)29-27-24(16-20-10-5-3-6-11-20)28-25(18-30(26)27)21-12-7-4-8-13-21/h3-15,18-19H,16-17H2,1-2H3. The Morgan fingerprint density at radius 3 is 2.23 bits per heavy atom. The number of imidazole rings is 1.